The summed E-state index contributed by atoms with van der Waals surface area (Å²) in [6, 6.07) is 0. The zero-order valence-corrected chi connectivity index (χ0v) is 8.71. The molecule has 0 amide bonds. The minimum atomic E-state index is 0.303. The van der Waals surface area contributed by atoms with Crippen molar-refractivity contribution in [3.8, 4) is 0 Å². The normalized spacial score (nSPS) is 38.8. The first kappa shape index (κ1) is 9.26. The molecule has 0 heterocycles. The first-order chi connectivity index (χ1) is 6.16. The van der Waals surface area contributed by atoms with Crippen LogP contribution in [0.4, 0.5) is 0 Å². The fourth-order valence-corrected chi connectivity index (χ4v) is 3.33. The van der Waals surface area contributed by atoms with Crippen LogP contribution in [0.1, 0.15) is 39.5 Å². The Morgan fingerprint density at radius 2 is 2.23 bits per heavy atom. The number of aliphatic hydroxyl groups excluding tert-OH is 1. The Morgan fingerprint density at radius 1 is 1.46 bits per heavy atom. The van der Waals surface area contributed by atoms with Crippen LogP contribution in [-0.2, 0) is 0 Å². The maximum absolute atomic E-state index is 8.82. The molecule has 2 atom stereocenters. The summed E-state index contributed by atoms with van der Waals surface area (Å²) in [5.41, 5.74) is 2.07. The SMILES string of the molecule is CC1(C)C(=CCCO)C2CCC1C2. The molecule has 0 aromatic rings. The van der Waals surface area contributed by atoms with Crippen molar-refractivity contribution >= 4 is 0 Å². The number of allylic oxidation sites excluding steroid dienone is 1. The van der Waals surface area contributed by atoms with Gasteiger partial charge in [-0.15, -0.1) is 0 Å². The van der Waals surface area contributed by atoms with Gasteiger partial charge in [0.15, 0.2) is 0 Å². The molecule has 2 aliphatic rings. The Labute approximate surface area is 80.8 Å². The zero-order valence-electron chi connectivity index (χ0n) is 8.71. The van der Waals surface area contributed by atoms with Gasteiger partial charge >= 0.3 is 0 Å². The molecule has 2 bridgehead atoms. The quantitative estimate of drug-likeness (QED) is 0.648. The topological polar surface area (TPSA) is 20.2 Å². The van der Waals surface area contributed by atoms with Crippen LogP contribution in [0.15, 0.2) is 11.6 Å². The number of aliphatic hydroxyl groups is 1. The lowest BCUT2D eigenvalue weighted by Crippen LogP contribution is -2.22. The third kappa shape index (κ3) is 1.34. The van der Waals surface area contributed by atoms with Gasteiger partial charge in [-0.05, 0) is 42.9 Å². The average Bonchev–Trinajstić information content (AvgIpc) is 2.60. The Balaban J connectivity index is 2.18. The van der Waals surface area contributed by atoms with Crippen molar-refractivity contribution in [3.63, 3.8) is 0 Å². The zero-order chi connectivity index (χ0) is 9.47. The number of rotatable bonds is 2. The third-order valence-corrected chi connectivity index (χ3v) is 4.13. The smallest absolute Gasteiger partial charge is 0.0465 e. The summed E-state index contributed by atoms with van der Waals surface area (Å²) in [7, 11) is 0. The van der Waals surface area contributed by atoms with Crippen LogP contribution in [0.3, 0.4) is 0 Å². The van der Waals surface area contributed by atoms with Gasteiger partial charge in [0.2, 0.25) is 0 Å². The van der Waals surface area contributed by atoms with Gasteiger partial charge in [0.05, 0.1) is 0 Å². The van der Waals surface area contributed by atoms with Crippen molar-refractivity contribution in [1.29, 1.82) is 0 Å². The van der Waals surface area contributed by atoms with Crippen LogP contribution in [0, 0.1) is 17.3 Å². The molecule has 0 spiro atoms. The summed E-state index contributed by atoms with van der Waals surface area (Å²) in [6.45, 7) is 5.05. The van der Waals surface area contributed by atoms with E-state index in [2.05, 4.69) is 19.9 Å². The summed E-state index contributed by atoms with van der Waals surface area (Å²) in [4.78, 5) is 0. The second kappa shape index (κ2) is 3.13. The van der Waals surface area contributed by atoms with Crippen molar-refractivity contribution in [2.24, 2.45) is 17.3 Å². The van der Waals surface area contributed by atoms with E-state index in [1.54, 1.807) is 5.57 Å². The first-order valence-corrected chi connectivity index (χ1v) is 5.47. The van der Waals surface area contributed by atoms with E-state index in [0.29, 0.717) is 12.0 Å². The maximum Gasteiger partial charge on any atom is 0.0465 e. The molecule has 1 heteroatoms. The third-order valence-electron chi connectivity index (χ3n) is 4.13. The molecule has 0 aliphatic heterocycles. The second-order valence-electron chi connectivity index (χ2n) is 5.10. The Bertz CT molecular complexity index is 227. The molecule has 2 fully saturated rings. The van der Waals surface area contributed by atoms with Crippen molar-refractivity contribution < 1.29 is 5.11 Å². The second-order valence-corrected chi connectivity index (χ2v) is 5.10. The molecule has 0 aromatic heterocycles. The highest BCUT2D eigenvalue weighted by Crippen LogP contribution is 2.58. The summed E-state index contributed by atoms with van der Waals surface area (Å²) in [5, 5.41) is 8.82. The summed E-state index contributed by atoms with van der Waals surface area (Å²) < 4.78 is 0. The van der Waals surface area contributed by atoms with Crippen LogP contribution in [0.5, 0.6) is 0 Å². The van der Waals surface area contributed by atoms with Gasteiger partial charge in [-0.1, -0.05) is 25.5 Å². The molecular weight excluding hydrogens is 160 g/mol. The summed E-state index contributed by atoms with van der Waals surface area (Å²) in [6.07, 6.45) is 7.37. The molecule has 2 unspecified atom stereocenters. The molecule has 0 aromatic carbocycles. The standard InChI is InChI=1S/C12H20O/c1-12(2)10-6-5-9(8-10)11(12)4-3-7-13/h4,9-10,13H,3,5-8H2,1-2H3. The fourth-order valence-electron chi connectivity index (χ4n) is 3.33. The van der Waals surface area contributed by atoms with Gasteiger partial charge in [-0.3, -0.25) is 0 Å². The largest absolute Gasteiger partial charge is 0.396 e. The van der Waals surface area contributed by atoms with Gasteiger partial charge in [0, 0.05) is 6.61 Å². The van der Waals surface area contributed by atoms with Gasteiger partial charge in [-0.25, -0.2) is 0 Å². The summed E-state index contributed by atoms with van der Waals surface area (Å²) in [5.74, 6) is 1.77. The van der Waals surface area contributed by atoms with Gasteiger partial charge in [0.25, 0.3) is 0 Å². The molecule has 74 valence electrons. The lowest BCUT2D eigenvalue weighted by molar-refractivity contribution is 0.281. The Kier molecular flexibility index (Phi) is 2.23. The van der Waals surface area contributed by atoms with Crippen LogP contribution < -0.4 is 0 Å². The van der Waals surface area contributed by atoms with Crippen molar-refractivity contribution in [3.05, 3.63) is 11.6 Å². The number of hydrogen-bond donors (Lipinski definition) is 1. The lowest BCUT2D eigenvalue weighted by atomic mass is 9.72. The molecule has 13 heavy (non-hydrogen) atoms. The molecular formula is C12H20O. The molecule has 2 rings (SSSR count). The molecule has 2 saturated carbocycles. The van der Waals surface area contributed by atoms with Crippen molar-refractivity contribution in [2.75, 3.05) is 6.61 Å². The van der Waals surface area contributed by atoms with Gasteiger partial charge in [-0.2, -0.15) is 0 Å². The predicted molar refractivity (Wildman–Crippen MR) is 54.4 cm³/mol. The number of fused-ring (bicyclic) bond motifs is 2. The van der Waals surface area contributed by atoms with E-state index in [1.165, 1.54) is 19.3 Å². The predicted octanol–water partition coefficient (Wildman–Crippen LogP) is 2.75. The minimum Gasteiger partial charge on any atom is -0.396 e. The van der Waals surface area contributed by atoms with Crippen LogP contribution >= 0.6 is 0 Å². The highest BCUT2D eigenvalue weighted by Gasteiger charge is 2.48. The van der Waals surface area contributed by atoms with Gasteiger partial charge < -0.3 is 5.11 Å². The Hall–Kier alpha value is -0.300. The van der Waals surface area contributed by atoms with E-state index in [4.69, 9.17) is 5.11 Å². The highest BCUT2D eigenvalue weighted by atomic mass is 16.2. The molecule has 0 radical (unpaired) electrons. The van der Waals surface area contributed by atoms with E-state index >= 15 is 0 Å². The van der Waals surface area contributed by atoms with E-state index in [-0.39, 0.29) is 0 Å². The van der Waals surface area contributed by atoms with Crippen molar-refractivity contribution in [2.45, 2.75) is 39.5 Å². The van der Waals surface area contributed by atoms with E-state index < -0.39 is 0 Å². The van der Waals surface area contributed by atoms with E-state index in [0.717, 1.165) is 18.3 Å². The highest BCUT2D eigenvalue weighted by molar-refractivity contribution is 5.25. The molecule has 0 saturated heterocycles. The van der Waals surface area contributed by atoms with Gasteiger partial charge in [0.1, 0.15) is 0 Å². The Morgan fingerprint density at radius 3 is 2.77 bits per heavy atom. The summed E-state index contributed by atoms with van der Waals surface area (Å²) >= 11 is 0. The van der Waals surface area contributed by atoms with E-state index in [9.17, 15) is 0 Å². The monoisotopic (exact) mass is 180 g/mol. The minimum absolute atomic E-state index is 0.303. The van der Waals surface area contributed by atoms with Crippen LogP contribution in [0.25, 0.3) is 0 Å². The fraction of sp³-hybridized carbons (Fsp3) is 0.833. The maximum atomic E-state index is 8.82. The number of hydrogen-bond acceptors (Lipinski definition) is 1. The van der Waals surface area contributed by atoms with Crippen molar-refractivity contribution in [1.82, 2.24) is 0 Å². The average molecular weight is 180 g/mol. The first-order valence-electron chi connectivity index (χ1n) is 5.47. The molecule has 2 aliphatic carbocycles. The lowest BCUT2D eigenvalue weighted by Gasteiger charge is -2.32. The van der Waals surface area contributed by atoms with Crippen LogP contribution in [0.2, 0.25) is 0 Å². The molecule has 1 N–H and O–H groups in total. The van der Waals surface area contributed by atoms with E-state index in [1.807, 2.05) is 0 Å². The van der Waals surface area contributed by atoms with Crippen LogP contribution in [-0.4, -0.2) is 11.7 Å². The molecule has 1 nitrogen and oxygen atoms in total.